The summed E-state index contributed by atoms with van der Waals surface area (Å²) in [5, 5.41) is 0. The number of methoxy groups -OCH3 is 1. The van der Waals surface area contributed by atoms with E-state index in [2.05, 4.69) is 15.9 Å². The van der Waals surface area contributed by atoms with Crippen LogP contribution >= 0.6 is 15.9 Å². The van der Waals surface area contributed by atoms with E-state index < -0.39 is 0 Å². The minimum atomic E-state index is -0.209. The molecule has 1 heterocycles. The van der Waals surface area contributed by atoms with Crippen LogP contribution in [0, 0.1) is 0 Å². The highest BCUT2D eigenvalue weighted by atomic mass is 79.9. The Morgan fingerprint density at radius 2 is 2.00 bits per heavy atom. The second kappa shape index (κ2) is 7.48. The van der Waals surface area contributed by atoms with E-state index in [0.29, 0.717) is 25.3 Å². The molecule has 1 aliphatic heterocycles. The van der Waals surface area contributed by atoms with Crippen molar-refractivity contribution in [2.45, 2.75) is 26.2 Å². The lowest BCUT2D eigenvalue weighted by Crippen LogP contribution is -2.29. The van der Waals surface area contributed by atoms with E-state index in [0.717, 1.165) is 27.0 Å². The van der Waals surface area contributed by atoms with Crippen LogP contribution in [0.2, 0.25) is 0 Å². The van der Waals surface area contributed by atoms with Crippen LogP contribution in [-0.4, -0.2) is 26.2 Å². The fourth-order valence-electron chi connectivity index (χ4n) is 3.42. The molecule has 4 nitrogen and oxygen atoms in total. The minimum Gasteiger partial charge on any atom is -0.493 e. The van der Waals surface area contributed by atoms with Crippen LogP contribution in [0.3, 0.4) is 0 Å². The fraction of sp³-hybridized carbons (Fsp3) is 0.350. The molecular weight excluding hydrogens is 382 g/mol. The molecule has 0 bridgehead atoms. The maximum absolute atomic E-state index is 13.0. The van der Waals surface area contributed by atoms with Crippen LogP contribution in [0.15, 0.2) is 40.9 Å². The summed E-state index contributed by atoms with van der Waals surface area (Å²) in [5.74, 6) is 1.36. The van der Waals surface area contributed by atoms with Crippen molar-refractivity contribution in [3.63, 3.8) is 0 Å². The molecule has 0 fully saturated rings. The zero-order valence-corrected chi connectivity index (χ0v) is 16.3. The molecule has 0 unspecified atom stereocenters. The Balaban J connectivity index is 2.02. The van der Waals surface area contributed by atoms with Crippen molar-refractivity contribution in [1.29, 1.82) is 0 Å². The summed E-state index contributed by atoms with van der Waals surface area (Å²) < 4.78 is 12.2. The number of carbonyl (C=O) groups is 1. The van der Waals surface area contributed by atoms with Gasteiger partial charge in [-0.05, 0) is 55.7 Å². The Morgan fingerprint density at radius 1 is 1.20 bits per heavy atom. The number of fused-ring (bicyclic) bond motifs is 1. The first-order valence-electron chi connectivity index (χ1n) is 8.50. The van der Waals surface area contributed by atoms with Crippen LogP contribution in [-0.2, 0) is 11.2 Å². The van der Waals surface area contributed by atoms with Crippen molar-refractivity contribution in [2.75, 3.05) is 25.2 Å². The Bertz CT molecular complexity index is 791. The number of hydrogen-bond acceptors (Lipinski definition) is 3. The van der Waals surface area contributed by atoms with Gasteiger partial charge >= 0.3 is 0 Å². The van der Waals surface area contributed by atoms with Gasteiger partial charge in [0.25, 0.3) is 0 Å². The van der Waals surface area contributed by atoms with Gasteiger partial charge in [-0.3, -0.25) is 4.79 Å². The molecule has 0 N–H and O–H groups in total. The quantitative estimate of drug-likeness (QED) is 0.709. The zero-order valence-electron chi connectivity index (χ0n) is 14.7. The molecule has 5 heteroatoms. The van der Waals surface area contributed by atoms with E-state index in [-0.39, 0.29) is 11.8 Å². The lowest BCUT2D eigenvalue weighted by molar-refractivity contribution is -0.119. The third-order valence-corrected chi connectivity index (χ3v) is 5.02. The van der Waals surface area contributed by atoms with Crippen molar-refractivity contribution in [2.24, 2.45) is 0 Å². The molecule has 1 atom stereocenters. The average Bonchev–Trinajstić information content (AvgIpc) is 2.87. The molecule has 2 aromatic carbocycles. The number of amides is 1. The van der Waals surface area contributed by atoms with Gasteiger partial charge in [-0.1, -0.05) is 28.1 Å². The number of hydrogen-bond donors (Lipinski definition) is 0. The molecule has 0 saturated carbocycles. The van der Waals surface area contributed by atoms with Gasteiger partial charge < -0.3 is 14.4 Å². The second-order valence-corrected chi connectivity index (χ2v) is 6.84. The Labute approximate surface area is 156 Å². The Hall–Kier alpha value is -2.01. The first-order valence-corrected chi connectivity index (χ1v) is 9.29. The normalized spacial score (nSPS) is 16.1. The van der Waals surface area contributed by atoms with E-state index in [4.69, 9.17) is 9.47 Å². The zero-order chi connectivity index (χ0) is 18.0. The smallest absolute Gasteiger partial charge is 0.234 e. The van der Waals surface area contributed by atoms with Crippen LogP contribution in [0.4, 0.5) is 5.69 Å². The molecule has 25 heavy (non-hydrogen) atoms. The van der Waals surface area contributed by atoms with Gasteiger partial charge in [0.2, 0.25) is 5.91 Å². The SMILES string of the molecule is CCOc1c(C[C@H]2C(=O)N(CC)c3ccc(Br)cc32)cccc1OC. The van der Waals surface area contributed by atoms with E-state index in [1.807, 2.05) is 55.1 Å². The van der Waals surface area contributed by atoms with Gasteiger partial charge in [-0.25, -0.2) is 0 Å². The highest BCUT2D eigenvalue weighted by Gasteiger charge is 2.37. The maximum atomic E-state index is 13.0. The van der Waals surface area contributed by atoms with Gasteiger partial charge in [0.15, 0.2) is 11.5 Å². The lowest BCUT2D eigenvalue weighted by Gasteiger charge is -2.17. The van der Waals surface area contributed by atoms with Gasteiger partial charge in [-0.15, -0.1) is 0 Å². The number of likely N-dealkylation sites (N-methyl/N-ethyl adjacent to an activating group) is 1. The van der Waals surface area contributed by atoms with E-state index >= 15 is 0 Å². The average molecular weight is 404 g/mol. The van der Waals surface area contributed by atoms with Gasteiger partial charge in [-0.2, -0.15) is 0 Å². The summed E-state index contributed by atoms with van der Waals surface area (Å²) in [6, 6.07) is 11.9. The molecule has 3 rings (SSSR count). The summed E-state index contributed by atoms with van der Waals surface area (Å²) in [4.78, 5) is 14.8. The van der Waals surface area contributed by atoms with E-state index in [9.17, 15) is 4.79 Å². The molecule has 1 amide bonds. The highest BCUT2D eigenvalue weighted by Crippen LogP contribution is 2.42. The molecule has 0 spiro atoms. The fourth-order valence-corrected chi connectivity index (χ4v) is 3.80. The Kier molecular flexibility index (Phi) is 5.33. The third-order valence-electron chi connectivity index (χ3n) is 4.53. The van der Waals surface area contributed by atoms with Crippen LogP contribution in [0.25, 0.3) is 0 Å². The number of halogens is 1. The monoisotopic (exact) mass is 403 g/mol. The summed E-state index contributed by atoms with van der Waals surface area (Å²) in [5.41, 5.74) is 3.05. The van der Waals surface area contributed by atoms with Crippen LogP contribution in [0.5, 0.6) is 11.5 Å². The number of benzene rings is 2. The highest BCUT2D eigenvalue weighted by molar-refractivity contribution is 9.10. The van der Waals surface area contributed by atoms with Gasteiger partial charge in [0, 0.05) is 16.7 Å². The summed E-state index contributed by atoms with van der Waals surface area (Å²) in [7, 11) is 1.63. The Morgan fingerprint density at radius 3 is 2.68 bits per heavy atom. The second-order valence-electron chi connectivity index (χ2n) is 5.92. The van der Waals surface area contributed by atoms with Crippen LogP contribution < -0.4 is 14.4 Å². The summed E-state index contributed by atoms with van der Waals surface area (Å²) in [6.45, 7) is 5.17. The number of nitrogens with zero attached hydrogens (tertiary/aromatic N) is 1. The number of ether oxygens (including phenoxy) is 2. The standard InChI is InChI=1S/C20H22BrNO3/c1-4-22-17-10-9-14(21)12-15(17)16(20(22)23)11-13-7-6-8-18(24-3)19(13)25-5-2/h6-10,12,16H,4-5,11H2,1-3H3/t16-/m1/s1. The number of para-hydroxylation sites is 1. The van der Waals surface area contributed by atoms with E-state index in [1.54, 1.807) is 7.11 Å². The number of anilines is 1. The first-order chi connectivity index (χ1) is 12.1. The van der Waals surface area contributed by atoms with Crippen molar-refractivity contribution in [1.82, 2.24) is 0 Å². The van der Waals surface area contributed by atoms with Gasteiger partial charge in [0.05, 0.1) is 19.6 Å². The van der Waals surface area contributed by atoms with Crippen molar-refractivity contribution < 1.29 is 14.3 Å². The molecule has 2 aromatic rings. The molecule has 0 aromatic heterocycles. The van der Waals surface area contributed by atoms with E-state index in [1.165, 1.54) is 0 Å². The van der Waals surface area contributed by atoms with Crippen LogP contribution in [0.1, 0.15) is 30.9 Å². The van der Waals surface area contributed by atoms with Crippen molar-refractivity contribution in [3.8, 4) is 11.5 Å². The molecule has 0 saturated heterocycles. The molecule has 1 aliphatic rings. The molecular formula is C20H22BrNO3. The third kappa shape index (κ3) is 3.25. The van der Waals surface area contributed by atoms with Crippen molar-refractivity contribution in [3.05, 3.63) is 52.0 Å². The predicted octanol–water partition coefficient (Wildman–Crippen LogP) is 4.55. The first kappa shape index (κ1) is 17.8. The summed E-state index contributed by atoms with van der Waals surface area (Å²) >= 11 is 3.53. The largest absolute Gasteiger partial charge is 0.493 e. The number of carbonyl (C=O) groups excluding carboxylic acids is 1. The number of rotatable bonds is 6. The minimum absolute atomic E-state index is 0.140. The molecule has 132 valence electrons. The predicted molar refractivity (Wildman–Crippen MR) is 103 cm³/mol. The maximum Gasteiger partial charge on any atom is 0.234 e. The molecule has 0 radical (unpaired) electrons. The summed E-state index contributed by atoms with van der Waals surface area (Å²) in [6.07, 6.45) is 0.589. The van der Waals surface area contributed by atoms with Gasteiger partial charge in [0.1, 0.15) is 0 Å². The van der Waals surface area contributed by atoms with Crippen molar-refractivity contribution >= 4 is 27.5 Å². The topological polar surface area (TPSA) is 38.8 Å². The molecule has 0 aliphatic carbocycles. The lowest BCUT2D eigenvalue weighted by atomic mass is 9.92.